The normalized spacial score (nSPS) is 10.5. The van der Waals surface area contributed by atoms with Crippen molar-refractivity contribution in [3.63, 3.8) is 0 Å². The maximum atomic E-state index is 6.06. The van der Waals surface area contributed by atoms with Gasteiger partial charge in [-0.2, -0.15) is 0 Å². The number of benzene rings is 1. The number of aromatic nitrogens is 1. The van der Waals surface area contributed by atoms with E-state index < -0.39 is 0 Å². The molecule has 0 N–H and O–H groups in total. The molecule has 2 nitrogen and oxygen atoms in total. The molecule has 0 spiro atoms. The molecule has 0 fully saturated rings. The minimum absolute atomic E-state index is 0.385. The molecule has 0 radical (unpaired) electrons. The van der Waals surface area contributed by atoms with Crippen LogP contribution in [-0.4, -0.2) is 4.98 Å². The van der Waals surface area contributed by atoms with Crippen molar-refractivity contribution in [2.45, 2.75) is 26.4 Å². The second-order valence-electron chi connectivity index (χ2n) is 4.28. The Morgan fingerprint density at radius 1 is 1.16 bits per heavy atom. The summed E-state index contributed by atoms with van der Waals surface area (Å²) >= 11 is 11.8. The highest BCUT2D eigenvalue weighted by atomic mass is 35.5. The molecule has 0 aliphatic heterocycles. The third-order valence-electron chi connectivity index (χ3n) is 2.75. The molecule has 2 rings (SSSR count). The molecule has 19 heavy (non-hydrogen) atoms. The minimum atomic E-state index is 0.385. The molecule has 1 heterocycles. The Morgan fingerprint density at radius 3 is 2.53 bits per heavy atom. The molecule has 100 valence electrons. The van der Waals surface area contributed by atoms with Crippen molar-refractivity contribution in [1.82, 2.24) is 4.98 Å². The third kappa shape index (κ3) is 4.12. The summed E-state index contributed by atoms with van der Waals surface area (Å²) in [4.78, 5) is 3.99. The van der Waals surface area contributed by atoms with Gasteiger partial charge in [0.05, 0.1) is 5.02 Å². The Kier molecular flexibility index (Phi) is 5.06. The van der Waals surface area contributed by atoms with Crippen molar-refractivity contribution in [3.05, 3.63) is 57.8 Å². The zero-order valence-electron chi connectivity index (χ0n) is 10.7. The summed E-state index contributed by atoms with van der Waals surface area (Å²) in [6, 6.07) is 9.73. The van der Waals surface area contributed by atoms with Gasteiger partial charge in [0, 0.05) is 11.8 Å². The lowest BCUT2D eigenvalue weighted by atomic mass is 10.1. The van der Waals surface area contributed by atoms with Crippen molar-refractivity contribution in [2.24, 2.45) is 0 Å². The standard InChI is InChI=1S/C15H15Cl2NO/c1-2-3-11-4-6-13(7-5-11)19-10-12-9-18-15(17)8-14(12)16/h4-9H,2-3,10H2,1H3. The summed E-state index contributed by atoms with van der Waals surface area (Å²) in [6.07, 6.45) is 3.87. The van der Waals surface area contributed by atoms with Crippen molar-refractivity contribution >= 4 is 23.2 Å². The first-order valence-electron chi connectivity index (χ1n) is 6.20. The third-order valence-corrected chi connectivity index (χ3v) is 3.31. The highest BCUT2D eigenvalue weighted by Gasteiger charge is 2.03. The molecule has 1 aromatic heterocycles. The van der Waals surface area contributed by atoms with E-state index in [2.05, 4.69) is 24.0 Å². The summed E-state index contributed by atoms with van der Waals surface area (Å²) in [7, 11) is 0. The molecule has 0 bridgehead atoms. The van der Waals surface area contributed by atoms with E-state index in [0.717, 1.165) is 24.2 Å². The van der Waals surface area contributed by atoms with Gasteiger partial charge >= 0.3 is 0 Å². The molecule has 0 aliphatic rings. The smallest absolute Gasteiger partial charge is 0.130 e. The summed E-state index contributed by atoms with van der Waals surface area (Å²) in [6.45, 7) is 2.55. The first-order valence-corrected chi connectivity index (χ1v) is 6.96. The molecule has 1 aromatic carbocycles. The monoisotopic (exact) mass is 295 g/mol. The van der Waals surface area contributed by atoms with Crippen LogP contribution in [0.1, 0.15) is 24.5 Å². The Hall–Kier alpha value is -1.25. The van der Waals surface area contributed by atoms with Gasteiger partial charge in [-0.3, -0.25) is 0 Å². The van der Waals surface area contributed by atoms with E-state index in [9.17, 15) is 0 Å². The van der Waals surface area contributed by atoms with Crippen molar-refractivity contribution in [3.8, 4) is 5.75 Å². The molecule has 4 heteroatoms. The number of nitrogens with zero attached hydrogens (tertiary/aromatic N) is 1. The number of rotatable bonds is 5. The van der Waals surface area contributed by atoms with Gasteiger partial charge in [-0.05, 0) is 30.2 Å². The topological polar surface area (TPSA) is 22.1 Å². The predicted octanol–water partition coefficient (Wildman–Crippen LogP) is 4.92. The molecule has 0 atom stereocenters. The van der Waals surface area contributed by atoms with Gasteiger partial charge < -0.3 is 4.74 Å². The Morgan fingerprint density at radius 2 is 1.89 bits per heavy atom. The summed E-state index contributed by atoms with van der Waals surface area (Å²) in [5.74, 6) is 0.825. The van der Waals surface area contributed by atoms with Gasteiger partial charge in [0.2, 0.25) is 0 Å². The molecule has 0 unspecified atom stereocenters. The molecule has 0 saturated heterocycles. The minimum Gasteiger partial charge on any atom is -0.489 e. The highest BCUT2D eigenvalue weighted by molar-refractivity contribution is 6.34. The maximum Gasteiger partial charge on any atom is 0.130 e. The van der Waals surface area contributed by atoms with Crippen LogP contribution in [0.25, 0.3) is 0 Å². The van der Waals surface area contributed by atoms with Crippen LogP contribution in [0.5, 0.6) is 5.75 Å². The fourth-order valence-corrected chi connectivity index (χ4v) is 2.16. The number of halogens is 2. The van der Waals surface area contributed by atoms with Gasteiger partial charge in [0.15, 0.2) is 0 Å². The van der Waals surface area contributed by atoms with Crippen LogP contribution in [-0.2, 0) is 13.0 Å². The van der Waals surface area contributed by atoms with E-state index in [1.165, 1.54) is 5.56 Å². The summed E-state index contributed by atoms with van der Waals surface area (Å²) < 4.78 is 5.68. The van der Waals surface area contributed by atoms with Crippen LogP contribution in [0.2, 0.25) is 10.2 Å². The molecule has 0 saturated carbocycles. The first-order chi connectivity index (χ1) is 9.19. The largest absolute Gasteiger partial charge is 0.489 e. The number of aryl methyl sites for hydroxylation is 1. The van der Waals surface area contributed by atoms with E-state index in [1.807, 2.05) is 12.1 Å². The molecule has 0 aliphatic carbocycles. The number of hydrogen-bond acceptors (Lipinski definition) is 2. The van der Waals surface area contributed by atoms with Crippen LogP contribution >= 0.6 is 23.2 Å². The van der Waals surface area contributed by atoms with Crippen molar-refractivity contribution < 1.29 is 4.74 Å². The van der Waals surface area contributed by atoms with E-state index in [1.54, 1.807) is 12.3 Å². The SMILES string of the molecule is CCCc1ccc(OCc2cnc(Cl)cc2Cl)cc1. The van der Waals surface area contributed by atoms with Crippen molar-refractivity contribution in [2.75, 3.05) is 0 Å². The number of ether oxygens (including phenoxy) is 1. The lowest BCUT2D eigenvalue weighted by Gasteiger charge is -2.08. The van der Waals surface area contributed by atoms with Gasteiger partial charge in [0.25, 0.3) is 0 Å². The fraction of sp³-hybridized carbons (Fsp3) is 0.267. The lowest BCUT2D eigenvalue weighted by molar-refractivity contribution is 0.306. The van der Waals surface area contributed by atoms with Crippen LogP contribution in [0.4, 0.5) is 0 Å². The fourth-order valence-electron chi connectivity index (χ4n) is 1.74. The van der Waals surface area contributed by atoms with Crippen LogP contribution in [0.15, 0.2) is 36.5 Å². The van der Waals surface area contributed by atoms with Gasteiger partial charge in [-0.15, -0.1) is 0 Å². The summed E-state index contributed by atoms with van der Waals surface area (Å²) in [5.41, 5.74) is 2.14. The average Bonchev–Trinajstić information content (AvgIpc) is 2.40. The molecular weight excluding hydrogens is 281 g/mol. The zero-order valence-corrected chi connectivity index (χ0v) is 12.2. The van der Waals surface area contributed by atoms with E-state index in [0.29, 0.717) is 16.8 Å². The second-order valence-corrected chi connectivity index (χ2v) is 5.08. The maximum absolute atomic E-state index is 6.06. The highest BCUT2D eigenvalue weighted by Crippen LogP contribution is 2.21. The van der Waals surface area contributed by atoms with Gasteiger partial charge in [-0.25, -0.2) is 4.98 Å². The van der Waals surface area contributed by atoms with E-state index >= 15 is 0 Å². The average molecular weight is 296 g/mol. The van der Waals surface area contributed by atoms with Gasteiger partial charge in [-0.1, -0.05) is 48.7 Å². The Bertz CT molecular complexity index is 540. The number of pyridine rings is 1. The second kappa shape index (κ2) is 6.78. The van der Waals surface area contributed by atoms with Gasteiger partial charge in [0.1, 0.15) is 17.5 Å². The van der Waals surface area contributed by atoms with E-state index in [-0.39, 0.29) is 0 Å². The molecular formula is C15H15Cl2NO. The zero-order chi connectivity index (χ0) is 13.7. The quantitative estimate of drug-likeness (QED) is 0.731. The molecule has 2 aromatic rings. The lowest BCUT2D eigenvalue weighted by Crippen LogP contribution is -1.97. The molecule has 0 amide bonds. The van der Waals surface area contributed by atoms with Crippen LogP contribution in [0.3, 0.4) is 0 Å². The predicted molar refractivity (Wildman–Crippen MR) is 79.0 cm³/mol. The Balaban J connectivity index is 1.98. The first kappa shape index (κ1) is 14.2. The van der Waals surface area contributed by atoms with Crippen LogP contribution in [0, 0.1) is 0 Å². The summed E-state index contributed by atoms with van der Waals surface area (Å²) in [5, 5.41) is 0.959. The Labute approximate surface area is 123 Å². The van der Waals surface area contributed by atoms with Crippen LogP contribution < -0.4 is 4.74 Å². The van der Waals surface area contributed by atoms with E-state index in [4.69, 9.17) is 27.9 Å². The van der Waals surface area contributed by atoms with Crippen molar-refractivity contribution in [1.29, 1.82) is 0 Å². The number of hydrogen-bond donors (Lipinski definition) is 0.